The van der Waals surface area contributed by atoms with Crippen molar-refractivity contribution < 1.29 is 18.3 Å². The van der Waals surface area contributed by atoms with Crippen LogP contribution >= 0.6 is 11.3 Å². The highest BCUT2D eigenvalue weighted by Gasteiger charge is 2.23. The summed E-state index contributed by atoms with van der Waals surface area (Å²) in [6.45, 7) is 1.72. The summed E-state index contributed by atoms with van der Waals surface area (Å²) in [7, 11) is -4.06. The monoisotopic (exact) mass is 313 g/mol. The Kier molecular flexibility index (Phi) is 3.64. The molecular formula is C11H11N3O4S2. The van der Waals surface area contributed by atoms with E-state index >= 15 is 0 Å². The zero-order chi connectivity index (χ0) is 14.9. The zero-order valence-electron chi connectivity index (χ0n) is 10.3. The van der Waals surface area contributed by atoms with Crippen LogP contribution in [0.25, 0.3) is 0 Å². The lowest BCUT2D eigenvalue weighted by atomic mass is 10.2. The minimum absolute atomic E-state index is 0.158. The smallest absolute Gasteiger partial charge is 0.337 e. The van der Waals surface area contributed by atoms with E-state index in [9.17, 15) is 13.2 Å². The largest absolute Gasteiger partial charge is 0.478 e. The third-order valence-electron chi connectivity index (χ3n) is 2.37. The predicted molar refractivity (Wildman–Crippen MR) is 75.5 cm³/mol. The molecule has 0 saturated carbocycles. The average molecular weight is 313 g/mol. The number of hydrogen-bond acceptors (Lipinski definition) is 6. The lowest BCUT2D eigenvalue weighted by molar-refractivity contribution is 0.0692. The van der Waals surface area contributed by atoms with Crippen molar-refractivity contribution in [1.29, 1.82) is 0 Å². The predicted octanol–water partition coefficient (Wildman–Crippen LogP) is 1.53. The number of carboxylic acids is 1. The molecule has 0 radical (unpaired) electrons. The third-order valence-corrected chi connectivity index (χ3v) is 4.75. The number of nitrogen functional groups attached to an aromatic ring is 1. The first-order valence-corrected chi connectivity index (χ1v) is 7.73. The van der Waals surface area contributed by atoms with Gasteiger partial charge in [-0.15, -0.1) is 11.3 Å². The van der Waals surface area contributed by atoms with Gasteiger partial charge in [-0.25, -0.2) is 18.2 Å². The lowest BCUT2D eigenvalue weighted by Gasteiger charge is -2.09. The number of nitrogens with one attached hydrogen (secondary N) is 1. The molecule has 0 saturated heterocycles. The van der Waals surface area contributed by atoms with Crippen molar-refractivity contribution in [3.8, 4) is 0 Å². The van der Waals surface area contributed by atoms with Crippen molar-refractivity contribution in [2.75, 3.05) is 10.5 Å². The second kappa shape index (κ2) is 5.10. The summed E-state index contributed by atoms with van der Waals surface area (Å²) in [5.41, 5.74) is 6.00. The Balaban J connectivity index is 2.48. The number of aromatic nitrogens is 1. The van der Waals surface area contributed by atoms with E-state index in [2.05, 4.69) is 9.71 Å². The maximum atomic E-state index is 12.2. The van der Waals surface area contributed by atoms with Crippen molar-refractivity contribution in [2.45, 2.75) is 11.8 Å². The summed E-state index contributed by atoms with van der Waals surface area (Å²) < 4.78 is 26.7. The Bertz CT molecular complexity index is 768. The first-order chi connectivity index (χ1) is 9.29. The van der Waals surface area contributed by atoms with Crippen molar-refractivity contribution in [3.63, 3.8) is 0 Å². The molecule has 0 atom stereocenters. The minimum atomic E-state index is -4.06. The van der Waals surface area contributed by atoms with E-state index in [1.54, 1.807) is 12.3 Å². The van der Waals surface area contributed by atoms with Gasteiger partial charge < -0.3 is 10.8 Å². The number of hydrogen-bond donors (Lipinski definition) is 3. The second-order valence-corrected chi connectivity index (χ2v) is 6.47. The SMILES string of the molecule is Cc1csc(NS(=O)(=O)c2cc(N)ccc2C(=O)O)n1. The molecule has 9 heteroatoms. The Morgan fingerprint density at radius 2 is 2.15 bits per heavy atom. The highest BCUT2D eigenvalue weighted by atomic mass is 32.2. The molecule has 4 N–H and O–H groups in total. The van der Waals surface area contributed by atoms with Gasteiger partial charge in [0, 0.05) is 11.1 Å². The number of benzene rings is 1. The Hall–Kier alpha value is -2.13. The van der Waals surface area contributed by atoms with Crippen LogP contribution in [0.3, 0.4) is 0 Å². The van der Waals surface area contributed by atoms with Crippen molar-refractivity contribution >= 4 is 38.1 Å². The molecule has 0 amide bonds. The van der Waals surface area contributed by atoms with Crippen LogP contribution in [0.15, 0.2) is 28.5 Å². The zero-order valence-corrected chi connectivity index (χ0v) is 12.0. The van der Waals surface area contributed by atoms with Crippen LogP contribution in [0.2, 0.25) is 0 Å². The van der Waals surface area contributed by atoms with Gasteiger partial charge >= 0.3 is 5.97 Å². The van der Waals surface area contributed by atoms with E-state index in [4.69, 9.17) is 10.8 Å². The number of nitrogens with zero attached hydrogens (tertiary/aromatic N) is 1. The normalized spacial score (nSPS) is 11.2. The number of aromatic carboxylic acids is 1. The summed E-state index contributed by atoms with van der Waals surface area (Å²) in [5.74, 6) is -1.35. The molecule has 0 aliphatic rings. The molecule has 0 fully saturated rings. The number of carboxylic acid groups (broad SMARTS) is 1. The molecule has 1 aromatic heterocycles. The summed E-state index contributed by atoms with van der Waals surface area (Å²) in [6, 6.07) is 3.58. The second-order valence-electron chi connectivity index (χ2n) is 3.96. The van der Waals surface area contributed by atoms with Gasteiger partial charge in [-0.3, -0.25) is 4.72 Å². The number of nitrogens with two attached hydrogens (primary N) is 1. The standard InChI is InChI=1S/C11H11N3O4S2/c1-6-5-19-11(13-6)14-20(17,18)9-4-7(12)2-3-8(9)10(15)16/h2-5H,12H2,1H3,(H,13,14)(H,15,16). The molecule has 1 heterocycles. The number of sulfonamides is 1. The third kappa shape index (κ3) is 2.89. The van der Waals surface area contributed by atoms with Crippen LogP contribution in [0.4, 0.5) is 10.8 Å². The summed E-state index contributed by atoms with van der Waals surface area (Å²) >= 11 is 1.11. The van der Waals surface area contributed by atoms with E-state index in [0.717, 1.165) is 23.5 Å². The van der Waals surface area contributed by atoms with Crippen molar-refractivity contribution in [1.82, 2.24) is 4.98 Å². The molecule has 7 nitrogen and oxygen atoms in total. The van der Waals surface area contributed by atoms with Gasteiger partial charge in [0.2, 0.25) is 0 Å². The number of carbonyl (C=O) groups is 1. The Morgan fingerprint density at radius 3 is 2.70 bits per heavy atom. The van der Waals surface area contributed by atoms with Gasteiger partial charge in [-0.05, 0) is 25.1 Å². The van der Waals surface area contributed by atoms with Gasteiger partial charge in [-0.2, -0.15) is 0 Å². The molecule has 2 aromatic rings. The molecule has 2 rings (SSSR count). The van der Waals surface area contributed by atoms with Crippen molar-refractivity contribution in [2.24, 2.45) is 0 Å². The molecule has 0 unspecified atom stereocenters. The molecule has 0 aliphatic heterocycles. The number of thiazole rings is 1. The van der Waals surface area contributed by atoms with Crippen molar-refractivity contribution in [3.05, 3.63) is 34.8 Å². The van der Waals surface area contributed by atoms with E-state index < -0.39 is 20.9 Å². The van der Waals surface area contributed by atoms with Gasteiger partial charge in [0.25, 0.3) is 10.0 Å². The summed E-state index contributed by atoms with van der Waals surface area (Å²) in [4.78, 5) is 14.7. The van der Waals surface area contributed by atoms with E-state index in [1.165, 1.54) is 6.07 Å². The summed E-state index contributed by atoms with van der Waals surface area (Å²) in [5, 5.41) is 10.9. The molecule has 0 bridgehead atoms. The molecular weight excluding hydrogens is 302 g/mol. The van der Waals surface area contributed by atoms with Gasteiger partial charge in [0.1, 0.15) is 4.90 Å². The molecule has 1 aromatic carbocycles. The highest BCUT2D eigenvalue weighted by molar-refractivity contribution is 7.93. The summed E-state index contributed by atoms with van der Waals surface area (Å²) in [6.07, 6.45) is 0. The molecule has 20 heavy (non-hydrogen) atoms. The van der Waals surface area contributed by atoms with E-state index in [0.29, 0.717) is 5.69 Å². The number of aryl methyl sites for hydroxylation is 1. The average Bonchev–Trinajstić information content (AvgIpc) is 2.73. The quantitative estimate of drug-likeness (QED) is 0.736. The minimum Gasteiger partial charge on any atom is -0.478 e. The molecule has 0 aliphatic carbocycles. The maximum Gasteiger partial charge on any atom is 0.337 e. The van der Waals surface area contributed by atoms with Crippen LogP contribution in [0, 0.1) is 6.92 Å². The van der Waals surface area contributed by atoms with Crippen LogP contribution in [0.1, 0.15) is 16.1 Å². The lowest BCUT2D eigenvalue weighted by Crippen LogP contribution is -2.17. The molecule has 0 spiro atoms. The fourth-order valence-electron chi connectivity index (χ4n) is 1.51. The fraction of sp³-hybridized carbons (Fsp3) is 0.0909. The van der Waals surface area contributed by atoms with Gasteiger partial charge in [0.05, 0.1) is 11.3 Å². The van der Waals surface area contributed by atoms with Crippen LogP contribution in [-0.4, -0.2) is 24.5 Å². The fourth-order valence-corrected chi connectivity index (χ4v) is 3.68. The Morgan fingerprint density at radius 1 is 1.45 bits per heavy atom. The number of anilines is 2. The highest BCUT2D eigenvalue weighted by Crippen LogP contribution is 2.24. The van der Waals surface area contributed by atoms with Gasteiger partial charge in [0.15, 0.2) is 5.13 Å². The molecule has 106 valence electrons. The van der Waals surface area contributed by atoms with Crippen LogP contribution < -0.4 is 10.5 Å². The maximum absolute atomic E-state index is 12.2. The first kappa shape index (κ1) is 14.3. The van der Waals surface area contributed by atoms with Gasteiger partial charge in [-0.1, -0.05) is 0 Å². The van der Waals surface area contributed by atoms with Crippen LogP contribution in [-0.2, 0) is 10.0 Å². The van der Waals surface area contributed by atoms with E-state index in [1.807, 2.05) is 0 Å². The Labute approximate surface area is 119 Å². The first-order valence-electron chi connectivity index (χ1n) is 5.37. The topological polar surface area (TPSA) is 122 Å². The number of rotatable bonds is 4. The van der Waals surface area contributed by atoms with E-state index in [-0.39, 0.29) is 16.4 Å². The van der Waals surface area contributed by atoms with Crippen LogP contribution in [0.5, 0.6) is 0 Å².